The summed E-state index contributed by atoms with van der Waals surface area (Å²) < 4.78 is 0.547. The van der Waals surface area contributed by atoms with Gasteiger partial charge in [-0.25, -0.2) is 9.78 Å². The zero-order chi connectivity index (χ0) is 17.3. The number of rotatable bonds is 4. The van der Waals surface area contributed by atoms with E-state index in [2.05, 4.69) is 10.3 Å². The second-order valence-corrected chi connectivity index (χ2v) is 5.76. The number of anilines is 1. The van der Waals surface area contributed by atoms with Crippen LogP contribution < -0.4 is 5.32 Å². The van der Waals surface area contributed by atoms with Gasteiger partial charge in [-0.15, -0.1) is 0 Å². The molecule has 1 aromatic heterocycles. The Labute approximate surface area is 138 Å². The fourth-order valence-electron chi connectivity index (χ4n) is 2.11. The van der Waals surface area contributed by atoms with E-state index in [1.54, 1.807) is 6.07 Å². The van der Waals surface area contributed by atoms with Gasteiger partial charge in [0.15, 0.2) is 5.13 Å². The van der Waals surface area contributed by atoms with Crippen molar-refractivity contribution >= 4 is 44.2 Å². The molecule has 0 bridgehead atoms. The molecule has 0 atom stereocenters. The molecule has 0 fully saturated rings. The fourth-order valence-corrected chi connectivity index (χ4v) is 3.01. The van der Waals surface area contributed by atoms with Gasteiger partial charge in [-0.3, -0.25) is 20.2 Å². The van der Waals surface area contributed by atoms with Crippen LogP contribution in [0.15, 0.2) is 42.5 Å². The minimum Gasteiger partial charge on any atom is -0.478 e. The molecule has 0 spiro atoms. The predicted octanol–water partition coefficient (Wildman–Crippen LogP) is 3.16. The fraction of sp³-hybridized carbons (Fsp3) is 0. The van der Waals surface area contributed by atoms with Gasteiger partial charge in [0, 0.05) is 12.1 Å². The SMILES string of the molecule is O=C(O)c1ccccc1C(=O)Nc1nc2ccc([N+](=O)[O-])cc2s1. The predicted molar refractivity (Wildman–Crippen MR) is 87.6 cm³/mol. The molecule has 0 aliphatic heterocycles. The smallest absolute Gasteiger partial charge is 0.336 e. The molecule has 120 valence electrons. The normalized spacial score (nSPS) is 10.5. The lowest BCUT2D eigenvalue weighted by Gasteiger charge is -2.04. The number of hydrogen-bond acceptors (Lipinski definition) is 6. The first-order valence-electron chi connectivity index (χ1n) is 6.64. The van der Waals surface area contributed by atoms with E-state index >= 15 is 0 Å². The third-order valence-corrected chi connectivity index (χ3v) is 4.14. The summed E-state index contributed by atoms with van der Waals surface area (Å²) in [6.07, 6.45) is 0. The zero-order valence-corrected chi connectivity index (χ0v) is 12.7. The van der Waals surface area contributed by atoms with Gasteiger partial charge in [0.05, 0.1) is 26.3 Å². The van der Waals surface area contributed by atoms with Gasteiger partial charge in [0.1, 0.15) is 0 Å². The lowest BCUT2D eigenvalue weighted by Crippen LogP contribution is -2.16. The molecule has 0 saturated carbocycles. The van der Waals surface area contributed by atoms with Gasteiger partial charge in [0.25, 0.3) is 11.6 Å². The number of benzene rings is 2. The van der Waals surface area contributed by atoms with Crippen LogP contribution in [-0.2, 0) is 0 Å². The van der Waals surface area contributed by atoms with Crippen molar-refractivity contribution in [1.29, 1.82) is 0 Å². The molecule has 0 saturated heterocycles. The number of nitrogens with zero attached hydrogens (tertiary/aromatic N) is 2. The van der Waals surface area contributed by atoms with Gasteiger partial charge in [-0.05, 0) is 18.2 Å². The van der Waals surface area contributed by atoms with E-state index in [0.29, 0.717) is 10.2 Å². The highest BCUT2D eigenvalue weighted by Gasteiger charge is 2.17. The number of carbonyl (C=O) groups is 2. The van der Waals surface area contributed by atoms with Gasteiger partial charge in [-0.1, -0.05) is 23.5 Å². The van der Waals surface area contributed by atoms with Crippen molar-refractivity contribution < 1.29 is 19.6 Å². The van der Waals surface area contributed by atoms with E-state index in [9.17, 15) is 19.7 Å². The number of non-ortho nitro benzene ring substituents is 1. The van der Waals surface area contributed by atoms with E-state index in [1.807, 2.05) is 0 Å². The summed E-state index contributed by atoms with van der Waals surface area (Å²) in [5.41, 5.74) is 0.328. The number of amides is 1. The second-order valence-electron chi connectivity index (χ2n) is 4.73. The minimum atomic E-state index is -1.21. The average Bonchev–Trinajstić information content (AvgIpc) is 2.95. The number of carboxylic acids is 1. The number of thiazole rings is 1. The summed E-state index contributed by atoms with van der Waals surface area (Å²) in [7, 11) is 0. The molecule has 8 nitrogen and oxygen atoms in total. The number of carbonyl (C=O) groups excluding carboxylic acids is 1. The number of nitrogens with one attached hydrogen (secondary N) is 1. The number of fused-ring (bicyclic) bond motifs is 1. The topological polar surface area (TPSA) is 122 Å². The Hall–Kier alpha value is -3.33. The molecule has 3 aromatic rings. The molecule has 3 rings (SSSR count). The maximum Gasteiger partial charge on any atom is 0.336 e. The Bertz CT molecular complexity index is 982. The van der Waals surface area contributed by atoms with Crippen LogP contribution in [0.2, 0.25) is 0 Å². The third kappa shape index (κ3) is 2.92. The highest BCUT2D eigenvalue weighted by Crippen LogP contribution is 2.29. The van der Waals surface area contributed by atoms with E-state index in [0.717, 1.165) is 11.3 Å². The first-order chi connectivity index (χ1) is 11.5. The molecule has 2 aromatic carbocycles. The van der Waals surface area contributed by atoms with Crippen LogP contribution in [-0.4, -0.2) is 26.9 Å². The highest BCUT2D eigenvalue weighted by molar-refractivity contribution is 7.22. The van der Waals surface area contributed by atoms with Gasteiger partial charge >= 0.3 is 5.97 Å². The number of nitro benzene ring substituents is 1. The number of hydrogen-bond donors (Lipinski definition) is 2. The first kappa shape index (κ1) is 15.6. The largest absolute Gasteiger partial charge is 0.478 e. The Morgan fingerprint density at radius 3 is 2.54 bits per heavy atom. The molecule has 9 heteroatoms. The van der Waals surface area contributed by atoms with Crippen LogP contribution >= 0.6 is 11.3 Å². The van der Waals surface area contributed by atoms with Crippen molar-refractivity contribution in [2.24, 2.45) is 0 Å². The second kappa shape index (κ2) is 6.05. The lowest BCUT2D eigenvalue weighted by atomic mass is 10.1. The van der Waals surface area contributed by atoms with Crippen LogP contribution in [0.4, 0.5) is 10.8 Å². The van der Waals surface area contributed by atoms with E-state index < -0.39 is 16.8 Å². The molecule has 0 unspecified atom stereocenters. The van der Waals surface area contributed by atoms with Crippen molar-refractivity contribution in [3.63, 3.8) is 0 Å². The van der Waals surface area contributed by atoms with E-state index in [4.69, 9.17) is 5.11 Å². The van der Waals surface area contributed by atoms with Gasteiger partial charge < -0.3 is 5.11 Å². The summed E-state index contributed by atoms with van der Waals surface area (Å²) in [4.78, 5) is 37.9. The van der Waals surface area contributed by atoms with E-state index in [1.165, 1.54) is 36.4 Å². The molecule has 1 heterocycles. The van der Waals surface area contributed by atoms with Crippen molar-refractivity contribution in [3.05, 3.63) is 63.7 Å². The van der Waals surface area contributed by atoms with Crippen LogP contribution in [0.1, 0.15) is 20.7 Å². The van der Waals surface area contributed by atoms with Crippen LogP contribution in [0, 0.1) is 10.1 Å². The standard InChI is InChI=1S/C15H9N3O5S/c19-13(9-3-1-2-4-10(9)14(20)21)17-15-16-11-6-5-8(18(22)23)7-12(11)24-15/h1-7H,(H,20,21)(H,16,17,19). The van der Waals surface area contributed by atoms with Crippen molar-refractivity contribution in [2.75, 3.05) is 5.32 Å². The summed E-state index contributed by atoms with van der Waals surface area (Å²) in [6, 6.07) is 10.0. The van der Waals surface area contributed by atoms with Crippen LogP contribution in [0.3, 0.4) is 0 Å². The Balaban J connectivity index is 1.91. The third-order valence-electron chi connectivity index (χ3n) is 3.21. The number of nitro groups is 1. The first-order valence-corrected chi connectivity index (χ1v) is 7.46. The lowest BCUT2D eigenvalue weighted by molar-refractivity contribution is -0.384. The molecule has 0 aliphatic carbocycles. The van der Waals surface area contributed by atoms with Crippen molar-refractivity contribution in [3.8, 4) is 0 Å². The van der Waals surface area contributed by atoms with Gasteiger partial charge in [-0.2, -0.15) is 0 Å². The number of carboxylic acid groups (broad SMARTS) is 1. The quantitative estimate of drug-likeness (QED) is 0.554. The summed E-state index contributed by atoms with van der Waals surface area (Å²) in [5, 5.41) is 22.7. The Morgan fingerprint density at radius 1 is 1.17 bits per heavy atom. The molecule has 1 amide bonds. The van der Waals surface area contributed by atoms with E-state index in [-0.39, 0.29) is 21.9 Å². The summed E-state index contributed by atoms with van der Waals surface area (Å²) in [5.74, 6) is -1.82. The highest BCUT2D eigenvalue weighted by atomic mass is 32.1. The van der Waals surface area contributed by atoms with Crippen molar-refractivity contribution in [1.82, 2.24) is 4.98 Å². The Kier molecular flexibility index (Phi) is 3.92. The van der Waals surface area contributed by atoms with Crippen molar-refractivity contribution in [2.45, 2.75) is 0 Å². The van der Waals surface area contributed by atoms with Crippen LogP contribution in [0.25, 0.3) is 10.2 Å². The molecule has 0 radical (unpaired) electrons. The molecule has 0 aliphatic rings. The Morgan fingerprint density at radius 2 is 1.88 bits per heavy atom. The average molecular weight is 343 g/mol. The molecular weight excluding hydrogens is 334 g/mol. The minimum absolute atomic E-state index is 0.00948. The summed E-state index contributed by atoms with van der Waals surface area (Å²) >= 11 is 1.07. The number of aromatic carboxylic acids is 1. The monoisotopic (exact) mass is 343 g/mol. The van der Waals surface area contributed by atoms with Gasteiger partial charge in [0.2, 0.25) is 0 Å². The molecular formula is C15H9N3O5S. The maximum absolute atomic E-state index is 12.3. The van der Waals surface area contributed by atoms with Crippen LogP contribution in [0.5, 0.6) is 0 Å². The summed E-state index contributed by atoms with van der Waals surface area (Å²) in [6.45, 7) is 0. The molecule has 24 heavy (non-hydrogen) atoms. The maximum atomic E-state index is 12.3. The molecule has 2 N–H and O–H groups in total. The zero-order valence-electron chi connectivity index (χ0n) is 11.9. The number of aromatic nitrogens is 1.